The molecule has 0 aliphatic rings. The van der Waals surface area contributed by atoms with Gasteiger partial charge in [0.1, 0.15) is 0 Å². The largest absolute Gasteiger partial charge is 0.274 e. The summed E-state index contributed by atoms with van der Waals surface area (Å²) in [7, 11) is 0. The van der Waals surface area contributed by atoms with Gasteiger partial charge in [-0.3, -0.25) is 23.4 Å². The number of hydrogen-bond donors (Lipinski definition) is 6. The SMILES string of the molecule is NN.NNNN. The fraction of sp³-hybridized carbons (Fsp3) is 0. The van der Waals surface area contributed by atoms with Crippen LogP contribution < -0.4 is 34.4 Å². The van der Waals surface area contributed by atoms with Gasteiger partial charge in [0, 0.05) is 0 Å². The number of rotatable bonds is 1. The highest BCUT2D eigenvalue weighted by Gasteiger charge is 1.42. The van der Waals surface area contributed by atoms with Crippen LogP contribution in [0.1, 0.15) is 0 Å². The topological polar surface area (TPSA) is 128 Å². The van der Waals surface area contributed by atoms with Crippen molar-refractivity contribution in [2.24, 2.45) is 23.4 Å². The first-order chi connectivity index (χ1) is 2.91. The van der Waals surface area contributed by atoms with E-state index in [2.05, 4.69) is 23.4 Å². The molecular weight excluding hydrogens is 84.0 g/mol. The van der Waals surface area contributed by atoms with Crippen LogP contribution in [0.15, 0.2) is 0 Å². The first-order valence-electron chi connectivity index (χ1n) is 1.16. The van der Waals surface area contributed by atoms with Gasteiger partial charge >= 0.3 is 0 Å². The van der Waals surface area contributed by atoms with Crippen molar-refractivity contribution in [2.75, 3.05) is 0 Å². The molecule has 0 saturated heterocycles. The minimum absolute atomic E-state index is 1.96. The van der Waals surface area contributed by atoms with E-state index in [4.69, 9.17) is 0 Å². The molecule has 6 heavy (non-hydrogen) atoms. The Morgan fingerprint density at radius 1 is 0.833 bits per heavy atom. The fourth-order valence-corrected chi connectivity index (χ4v) is 0. The molecule has 0 aromatic heterocycles. The lowest BCUT2D eigenvalue weighted by atomic mass is 12.4. The van der Waals surface area contributed by atoms with Crippen LogP contribution in [0.2, 0.25) is 0 Å². The third kappa shape index (κ3) is 49.6. The quantitative estimate of drug-likeness (QED) is 0.149. The maximum absolute atomic E-state index is 4.54. The van der Waals surface area contributed by atoms with E-state index in [0.717, 1.165) is 0 Å². The molecule has 0 atom stereocenters. The van der Waals surface area contributed by atoms with Crippen LogP contribution in [-0.2, 0) is 0 Å². The molecule has 40 valence electrons. The average molecular weight is 94.1 g/mol. The Morgan fingerprint density at radius 2 is 1.00 bits per heavy atom. The molecule has 0 aliphatic heterocycles. The Balaban J connectivity index is 0. The van der Waals surface area contributed by atoms with Gasteiger partial charge in [0.15, 0.2) is 0 Å². The molecule has 0 amide bonds. The highest BCUT2D eigenvalue weighted by Crippen LogP contribution is 0.832. The van der Waals surface area contributed by atoms with Crippen molar-refractivity contribution in [2.45, 2.75) is 0 Å². The summed E-state index contributed by atoms with van der Waals surface area (Å²) < 4.78 is 0. The molecule has 0 rings (SSSR count). The molecule has 0 aromatic carbocycles. The van der Waals surface area contributed by atoms with Crippen molar-refractivity contribution in [3.63, 3.8) is 0 Å². The van der Waals surface area contributed by atoms with E-state index in [9.17, 15) is 0 Å². The summed E-state index contributed by atoms with van der Waals surface area (Å²) in [6, 6.07) is 0. The number of nitrogens with two attached hydrogens (primary N) is 4. The van der Waals surface area contributed by atoms with Crippen LogP contribution in [0.3, 0.4) is 0 Å². The smallest absolute Gasteiger partial charge is 0.183 e. The minimum Gasteiger partial charge on any atom is -0.274 e. The van der Waals surface area contributed by atoms with Crippen molar-refractivity contribution < 1.29 is 0 Å². The van der Waals surface area contributed by atoms with Crippen LogP contribution in [-0.4, -0.2) is 0 Å². The lowest BCUT2D eigenvalue weighted by molar-refractivity contribution is 0.579. The second-order valence-electron chi connectivity index (χ2n) is 0.289. The minimum atomic E-state index is 1.96. The Bertz CT molecular complexity index is 2.00. The predicted molar refractivity (Wildman–Crippen MR) is 23.0 cm³/mol. The lowest BCUT2D eigenvalue weighted by Gasteiger charge is -1.82. The van der Waals surface area contributed by atoms with E-state index in [1.54, 1.807) is 0 Å². The van der Waals surface area contributed by atoms with Crippen molar-refractivity contribution in [1.82, 2.24) is 11.1 Å². The summed E-state index contributed by atoms with van der Waals surface area (Å²) in [5.41, 5.74) is 3.92. The molecule has 0 spiro atoms. The maximum atomic E-state index is 4.54. The van der Waals surface area contributed by atoms with Crippen molar-refractivity contribution in [1.29, 1.82) is 0 Å². The molecule has 0 fully saturated rings. The molecule has 0 aliphatic carbocycles. The third-order valence-corrected chi connectivity index (χ3v) is 0.0833. The third-order valence-electron chi connectivity index (χ3n) is 0.0833. The zero-order valence-electron chi connectivity index (χ0n) is 3.31. The van der Waals surface area contributed by atoms with E-state index < -0.39 is 0 Å². The first-order valence-corrected chi connectivity index (χ1v) is 1.16. The Hall–Kier alpha value is -0.240. The summed E-state index contributed by atoms with van der Waals surface area (Å²) in [6.45, 7) is 0. The van der Waals surface area contributed by atoms with Crippen LogP contribution in [0.4, 0.5) is 0 Å². The van der Waals surface area contributed by atoms with Gasteiger partial charge in [0.25, 0.3) is 0 Å². The standard InChI is InChI=1S/H6N4.H4N2/c1-3-4-2;1-2/h3-4H,1-2H2;1-2H2. The molecule has 6 heteroatoms. The average Bonchev–Trinajstić information content (AvgIpc) is 1.72. The summed E-state index contributed by atoms with van der Waals surface area (Å²) in [4.78, 5) is 0. The Labute approximate surface area is 35.7 Å². The molecule has 0 heterocycles. The second-order valence-corrected chi connectivity index (χ2v) is 0.289. The van der Waals surface area contributed by atoms with Gasteiger partial charge in [-0.25, -0.2) is 0 Å². The van der Waals surface area contributed by atoms with Crippen LogP contribution in [0.5, 0.6) is 0 Å². The van der Waals surface area contributed by atoms with Crippen LogP contribution in [0.25, 0.3) is 0 Å². The van der Waals surface area contributed by atoms with E-state index in [0.29, 0.717) is 0 Å². The van der Waals surface area contributed by atoms with Gasteiger partial charge in [0.2, 0.25) is 0 Å². The fourth-order valence-electron chi connectivity index (χ4n) is 0. The van der Waals surface area contributed by atoms with Crippen molar-refractivity contribution >= 4 is 0 Å². The highest BCUT2D eigenvalue weighted by molar-refractivity contribution is 3.82. The normalized spacial score (nSPS) is 6.00. The second kappa shape index (κ2) is 21.7. The van der Waals surface area contributed by atoms with Crippen LogP contribution in [0, 0.1) is 0 Å². The maximum Gasteiger partial charge on any atom is -0.183 e. The number of hydrogen-bond acceptors (Lipinski definition) is 6. The van der Waals surface area contributed by atoms with E-state index in [-0.39, 0.29) is 0 Å². The predicted octanol–water partition coefficient (Wildman–Crippen LogP) is -3.35. The molecular formula is H10N6. The molecule has 0 bridgehead atoms. The van der Waals surface area contributed by atoms with Gasteiger partial charge in [-0.05, 0) is 0 Å². The van der Waals surface area contributed by atoms with E-state index in [1.807, 2.05) is 11.1 Å². The summed E-state index contributed by atoms with van der Waals surface area (Å²) in [5, 5.41) is 0. The Morgan fingerprint density at radius 3 is 1.00 bits per heavy atom. The zero-order valence-corrected chi connectivity index (χ0v) is 3.31. The molecule has 0 saturated carbocycles. The van der Waals surface area contributed by atoms with Gasteiger partial charge in [0.05, 0.1) is 0 Å². The zero-order chi connectivity index (χ0) is 5.41. The first kappa shape index (κ1) is 9.23. The molecule has 10 N–H and O–H groups in total. The lowest BCUT2D eigenvalue weighted by Crippen LogP contribution is -2.42. The van der Waals surface area contributed by atoms with Crippen molar-refractivity contribution in [3.05, 3.63) is 0 Å². The van der Waals surface area contributed by atoms with Gasteiger partial charge in [-0.15, -0.1) is 0 Å². The highest BCUT2D eigenvalue weighted by atomic mass is 15.6. The van der Waals surface area contributed by atoms with E-state index in [1.165, 1.54) is 0 Å². The summed E-state index contributed by atoms with van der Waals surface area (Å²) in [5.74, 6) is 17.1. The van der Waals surface area contributed by atoms with Crippen molar-refractivity contribution in [3.8, 4) is 0 Å². The van der Waals surface area contributed by atoms with Gasteiger partial charge < -0.3 is 0 Å². The van der Waals surface area contributed by atoms with Crippen LogP contribution >= 0.6 is 0 Å². The molecule has 0 radical (unpaired) electrons. The molecule has 0 unspecified atom stereocenters. The van der Waals surface area contributed by atoms with Gasteiger partial charge in [-0.2, -0.15) is 11.1 Å². The van der Waals surface area contributed by atoms with Gasteiger partial charge in [-0.1, -0.05) is 0 Å². The number of hydrazine groups is 4. The molecule has 6 nitrogen and oxygen atoms in total. The summed E-state index contributed by atoms with van der Waals surface area (Å²) >= 11 is 0. The monoisotopic (exact) mass is 94.1 g/mol. The number of nitrogens with one attached hydrogen (secondary N) is 2. The summed E-state index contributed by atoms with van der Waals surface area (Å²) in [6.07, 6.45) is 0. The van der Waals surface area contributed by atoms with E-state index >= 15 is 0 Å². The Kier molecular flexibility index (Phi) is 33.4. The molecule has 0 aromatic rings.